The number of alkyl halides is 1. The maximum Gasteiger partial charge on any atom is 0.137 e. The zero-order chi connectivity index (χ0) is 13.3. The van der Waals surface area contributed by atoms with Crippen LogP contribution in [0.4, 0.5) is 0 Å². The maximum absolute atomic E-state index is 6.44. The maximum atomic E-state index is 6.44. The molecule has 1 atom stereocenters. The third-order valence-corrected chi connectivity index (χ3v) is 3.65. The highest BCUT2D eigenvalue weighted by Crippen LogP contribution is 2.35. The van der Waals surface area contributed by atoms with Crippen molar-refractivity contribution in [2.75, 3.05) is 0 Å². The molecule has 0 amide bonds. The summed E-state index contributed by atoms with van der Waals surface area (Å²) in [5.41, 5.74) is 2.45. The van der Waals surface area contributed by atoms with Gasteiger partial charge in [-0.1, -0.05) is 39.0 Å². The van der Waals surface area contributed by atoms with Gasteiger partial charge in [-0.3, -0.25) is 0 Å². The monoisotopic (exact) mass is 264 g/mol. The lowest BCUT2D eigenvalue weighted by atomic mass is 9.89. The first-order valence-corrected chi connectivity index (χ1v) is 6.93. The summed E-state index contributed by atoms with van der Waals surface area (Å²) in [5.74, 6) is 0.894. The van der Waals surface area contributed by atoms with Gasteiger partial charge in [0.15, 0.2) is 0 Å². The fraction of sp³-hybridized carbons (Fsp3) is 0.500. The molecule has 0 radical (unpaired) electrons. The van der Waals surface area contributed by atoms with Crippen molar-refractivity contribution in [3.05, 3.63) is 35.6 Å². The minimum absolute atomic E-state index is 0.0315. The molecule has 0 aliphatic heterocycles. The van der Waals surface area contributed by atoms with Gasteiger partial charge in [0.1, 0.15) is 11.3 Å². The Morgan fingerprint density at radius 1 is 1.28 bits per heavy atom. The van der Waals surface area contributed by atoms with Crippen LogP contribution in [-0.4, -0.2) is 0 Å². The van der Waals surface area contributed by atoms with E-state index in [9.17, 15) is 0 Å². The molecule has 0 saturated carbocycles. The summed E-state index contributed by atoms with van der Waals surface area (Å²) in [4.78, 5) is 0. The number of halogens is 1. The second-order valence-corrected chi connectivity index (χ2v) is 6.74. The number of hydrogen-bond acceptors (Lipinski definition) is 1. The number of aryl methyl sites for hydroxylation is 1. The summed E-state index contributed by atoms with van der Waals surface area (Å²) in [6.45, 7) is 8.77. The van der Waals surface area contributed by atoms with Gasteiger partial charge in [0.25, 0.3) is 0 Å². The minimum atomic E-state index is -0.0315. The van der Waals surface area contributed by atoms with Gasteiger partial charge in [0, 0.05) is 5.39 Å². The Morgan fingerprint density at radius 3 is 2.61 bits per heavy atom. The van der Waals surface area contributed by atoms with Crippen molar-refractivity contribution in [1.82, 2.24) is 0 Å². The van der Waals surface area contributed by atoms with E-state index in [0.717, 1.165) is 29.6 Å². The second kappa shape index (κ2) is 4.97. The summed E-state index contributed by atoms with van der Waals surface area (Å²) >= 11 is 6.44. The van der Waals surface area contributed by atoms with Gasteiger partial charge < -0.3 is 4.42 Å². The molecule has 0 bridgehead atoms. The van der Waals surface area contributed by atoms with E-state index < -0.39 is 0 Å². The molecule has 2 heteroatoms. The van der Waals surface area contributed by atoms with Crippen LogP contribution in [0.2, 0.25) is 0 Å². The predicted molar refractivity (Wildman–Crippen MR) is 78.2 cm³/mol. The van der Waals surface area contributed by atoms with Crippen molar-refractivity contribution in [2.24, 2.45) is 5.41 Å². The lowest BCUT2D eigenvalue weighted by Crippen LogP contribution is -2.05. The van der Waals surface area contributed by atoms with Gasteiger partial charge in [0.05, 0.1) is 5.38 Å². The normalized spacial score (nSPS) is 14.1. The number of furan rings is 1. The predicted octanol–water partition coefficient (Wildman–Crippen LogP) is 5.85. The minimum Gasteiger partial charge on any atom is -0.459 e. The van der Waals surface area contributed by atoms with E-state index in [1.165, 1.54) is 5.56 Å². The van der Waals surface area contributed by atoms with Gasteiger partial charge in [-0.15, -0.1) is 11.6 Å². The lowest BCUT2D eigenvalue weighted by Gasteiger charge is -2.19. The molecule has 2 aromatic rings. The van der Waals surface area contributed by atoms with Gasteiger partial charge in [0.2, 0.25) is 0 Å². The fourth-order valence-corrected chi connectivity index (χ4v) is 2.30. The smallest absolute Gasteiger partial charge is 0.137 e. The van der Waals surface area contributed by atoms with Gasteiger partial charge in [-0.25, -0.2) is 0 Å². The Labute approximate surface area is 114 Å². The average Bonchev–Trinajstić information content (AvgIpc) is 2.70. The highest BCUT2D eigenvalue weighted by atomic mass is 35.5. The summed E-state index contributed by atoms with van der Waals surface area (Å²) in [5, 5.41) is 1.11. The van der Waals surface area contributed by atoms with Gasteiger partial charge in [-0.05, 0) is 36.8 Å². The summed E-state index contributed by atoms with van der Waals surface area (Å²) < 4.78 is 5.89. The largest absolute Gasteiger partial charge is 0.459 e. The standard InChI is InChI=1S/C16H21ClO/c1-11-6-5-7-12-10-14(18-15(11)12)13(17)8-9-16(2,3)4/h5-7,10,13H,8-9H2,1-4H3. The molecule has 2 rings (SSSR count). The highest BCUT2D eigenvalue weighted by molar-refractivity contribution is 6.20. The van der Waals surface area contributed by atoms with Crippen LogP contribution < -0.4 is 0 Å². The van der Waals surface area contributed by atoms with E-state index in [-0.39, 0.29) is 5.38 Å². The molecule has 0 aliphatic rings. The molecule has 0 fully saturated rings. The van der Waals surface area contributed by atoms with E-state index in [0.29, 0.717) is 5.41 Å². The molecule has 1 aromatic carbocycles. The zero-order valence-electron chi connectivity index (χ0n) is 11.6. The zero-order valence-corrected chi connectivity index (χ0v) is 12.3. The first-order chi connectivity index (χ1) is 8.37. The third-order valence-electron chi connectivity index (χ3n) is 3.22. The lowest BCUT2D eigenvalue weighted by molar-refractivity contribution is 0.356. The van der Waals surface area contributed by atoms with Crippen LogP contribution in [0, 0.1) is 12.3 Å². The molecular formula is C16H21ClO. The summed E-state index contributed by atoms with van der Waals surface area (Å²) in [6, 6.07) is 8.26. The Hall–Kier alpha value is -0.950. The molecule has 1 aromatic heterocycles. The van der Waals surface area contributed by atoms with Crippen molar-refractivity contribution in [2.45, 2.75) is 45.9 Å². The number of para-hydroxylation sites is 1. The van der Waals surface area contributed by atoms with Crippen molar-refractivity contribution < 1.29 is 4.42 Å². The van der Waals surface area contributed by atoms with Crippen LogP contribution in [0.3, 0.4) is 0 Å². The third kappa shape index (κ3) is 3.08. The molecule has 1 unspecified atom stereocenters. The SMILES string of the molecule is Cc1cccc2cc(C(Cl)CCC(C)(C)C)oc12. The Kier molecular flexibility index (Phi) is 3.72. The second-order valence-electron chi connectivity index (χ2n) is 6.21. The molecular weight excluding hydrogens is 244 g/mol. The van der Waals surface area contributed by atoms with E-state index in [4.69, 9.17) is 16.0 Å². The molecule has 0 N–H and O–H groups in total. The van der Waals surface area contributed by atoms with Crippen molar-refractivity contribution in [1.29, 1.82) is 0 Å². The summed E-state index contributed by atoms with van der Waals surface area (Å²) in [7, 11) is 0. The topological polar surface area (TPSA) is 13.1 Å². The Bertz CT molecular complexity index is 534. The van der Waals surface area contributed by atoms with Crippen molar-refractivity contribution >= 4 is 22.6 Å². The number of benzene rings is 1. The highest BCUT2D eigenvalue weighted by Gasteiger charge is 2.18. The number of rotatable bonds is 3. The van der Waals surface area contributed by atoms with Crippen LogP contribution in [0.15, 0.2) is 28.7 Å². The quantitative estimate of drug-likeness (QED) is 0.634. The van der Waals surface area contributed by atoms with Crippen LogP contribution in [0.1, 0.15) is 50.3 Å². The molecule has 18 heavy (non-hydrogen) atoms. The van der Waals surface area contributed by atoms with E-state index >= 15 is 0 Å². The number of fused-ring (bicyclic) bond motifs is 1. The van der Waals surface area contributed by atoms with E-state index in [1.54, 1.807) is 0 Å². The van der Waals surface area contributed by atoms with Crippen LogP contribution >= 0.6 is 11.6 Å². The van der Waals surface area contributed by atoms with Crippen molar-refractivity contribution in [3.63, 3.8) is 0 Å². The van der Waals surface area contributed by atoms with Gasteiger partial charge in [-0.2, -0.15) is 0 Å². The van der Waals surface area contributed by atoms with Crippen molar-refractivity contribution in [3.8, 4) is 0 Å². The molecule has 1 nitrogen and oxygen atoms in total. The van der Waals surface area contributed by atoms with Crippen LogP contribution in [0.25, 0.3) is 11.0 Å². The first-order valence-electron chi connectivity index (χ1n) is 6.50. The van der Waals surface area contributed by atoms with E-state index in [2.05, 4.69) is 52.0 Å². The van der Waals surface area contributed by atoms with Gasteiger partial charge >= 0.3 is 0 Å². The van der Waals surface area contributed by atoms with Crippen LogP contribution in [0.5, 0.6) is 0 Å². The Balaban J connectivity index is 2.18. The first kappa shape index (κ1) is 13.5. The molecule has 98 valence electrons. The van der Waals surface area contributed by atoms with E-state index in [1.807, 2.05) is 0 Å². The molecule has 0 aliphatic carbocycles. The fourth-order valence-electron chi connectivity index (χ4n) is 2.09. The summed E-state index contributed by atoms with van der Waals surface area (Å²) in [6.07, 6.45) is 2.04. The molecule has 0 saturated heterocycles. The van der Waals surface area contributed by atoms with Crippen LogP contribution in [-0.2, 0) is 0 Å². The molecule has 1 heterocycles. The average molecular weight is 265 g/mol. The number of hydrogen-bond donors (Lipinski definition) is 0. The molecule has 0 spiro atoms. The Morgan fingerprint density at radius 2 is 2.00 bits per heavy atom.